The fourth-order valence-corrected chi connectivity index (χ4v) is 9.01. The van der Waals surface area contributed by atoms with Crippen molar-refractivity contribution in [3.05, 3.63) is 10.4 Å². The third-order valence-electron chi connectivity index (χ3n) is 12.7. The average molecular weight is 982 g/mol. The molecule has 16 N–H and O–H groups in total. The summed E-state index contributed by atoms with van der Waals surface area (Å²) >= 11 is 0. The Balaban J connectivity index is 1.19. The Kier molecular flexibility index (Phi) is 18.0. The van der Waals surface area contributed by atoms with Crippen molar-refractivity contribution in [1.82, 2.24) is 0 Å². The molecule has 0 amide bonds. The molecule has 0 aromatic carbocycles. The molecule has 0 aliphatic carbocycles. The van der Waals surface area contributed by atoms with E-state index in [0.29, 0.717) is 0 Å². The maximum absolute atomic E-state index is 11.3. The second kappa shape index (κ2) is 22.7. The Morgan fingerprint density at radius 1 is 0.343 bits per heavy atom. The van der Waals surface area contributed by atoms with E-state index in [2.05, 4.69) is 10.0 Å². The van der Waals surface area contributed by atoms with Crippen LogP contribution in [0.15, 0.2) is 5.11 Å². The third kappa shape index (κ3) is 10.7. The van der Waals surface area contributed by atoms with Gasteiger partial charge in [0.05, 0.1) is 51.8 Å². The van der Waals surface area contributed by atoms with E-state index in [4.69, 9.17) is 62.4 Å². The summed E-state index contributed by atoms with van der Waals surface area (Å²) in [7, 11) is 0. The van der Waals surface area contributed by atoms with Gasteiger partial charge in [-0.3, -0.25) is 0 Å². The van der Waals surface area contributed by atoms with Gasteiger partial charge in [0, 0.05) is 11.3 Å². The molecule has 0 saturated carbocycles. The number of hydrogen-bond acceptors (Lipinski definition) is 29. The van der Waals surface area contributed by atoms with Crippen LogP contribution in [0.5, 0.6) is 0 Å². The zero-order valence-corrected chi connectivity index (χ0v) is 35.1. The largest absolute Gasteiger partial charge is 0.394 e. The van der Waals surface area contributed by atoms with E-state index >= 15 is 0 Å². The van der Waals surface area contributed by atoms with E-state index in [1.807, 2.05) is 0 Å². The van der Waals surface area contributed by atoms with Crippen molar-refractivity contribution in [3.63, 3.8) is 0 Å². The van der Waals surface area contributed by atoms with Gasteiger partial charge in [-0.05, 0) is 5.53 Å². The lowest BCUT2D eigenvalue weighted by atomic mass is 9.95. The summed E-state index contributed by atoms with van der Waals surface area (Å²) < 4.78 is 68.8. The number of azide groups is 1. The Morgan fingerprint density at radius 2 is 0.597 bits per heavy atom. The van der Waals surface area contributed by atoms with Crippen LogP contribution in [-0.4, -0.2) is 299 Å². The van der Waals surface area contributed by atoms with Gasteiger partial charge in [-0.15, -0.1) is 0 Å². The minimum Gasteiger partial charge on any atom is -0.394 e. The minimum absolute atomic E-state index is 0.464. The molecule has 31 nitrogen and oxygen atoms in total. The summed E-state index contributed by atoms with van der Waals surface area (Å²) in [6, 6.07) is 0. The monoisotopic (exact) mass is 981 g/mol. The van der Waals surface area contributed by atoms with Crippen molar-refractivity contribution < 1.29 is 139 Å². The number of ether oxygens (including phenoxy) is 12. The molecule has 22 fully saturated rings. The quantitative estimate of drug-likeness (QED) is 0.0640. The van der Waals surface area contributed by atoms with E-state index in [9.17, 15) is 81.7 Å². The smallest absolute Gasteiger partial charge is 0.187 e. The van der Waals surface area contributed by atoms with E-state index < -0.39 is 224 Å². The minimum atomic E-state index is -2.14. The summed E-state index contributed by atoms with van der Waals surface area (Å²) in [5.41, 5.74) is 9.11. The Bertz CT molecular complexity index is 1610. The first-order chi connectivity index (χ1) is 32.0. The number of aliphatic hydroxyl groups is 16. The highest BCUT2D eigenvalue weighted by molar-refractivity contribution is 5.00. The summed E-state index contributed by atoms with van der Waals surface area (Å²) in [6.45, 7) is -5.38. The molecule has 22 aliphatic heterocycles. The van der Waals surface area contributed by atoms with Crippen LogP contribution in [0.4, 0.5) is 0 Å². The zero-order chi connectivity index (χ0) is 48.6. The standard InChI is InChI=1S/C36H59N3O28/c37-39-38-2-10-9-1-8(45)31(57-10)63-26-11(3-40)59-33(22(52)17(26)47)65-28-13(5-42)61-35(24(54)19(28)49)67-30-15(7-44)62-36(25(55)20(30)50)66-29-14(6-43)60-34(23(53)18(29)48)64-27-12(4-41)58-32(56-9)21(51)16(27)46/h8-36,40-55H,1-7H2. The van der Waals surface area contributed by atoms with Gasteiger partial charge >= 0.3 is 0 Å². The Morgan fingerprint density at radius 3 is 0.866 bits per heavy atom. The molecule has 386 valence electrons. The normalized spacial score (nSPS) is 53.4. The fraction of sp³-hybridized carbons (Fsp3) is 1.00. The number of rotatable bonds is 7. The van der Waals surface area contributed by atoms with Gasteiger partial charge in [-0.2, -0.15) is 0 Å². The van der Waals surface area contributed by atoms with Crippen LogP contribution in [0.2, 0.25) is 0 Å². The second-order valence-corrected chi connectivity index (χ2v) is 17.0. The SMILES string of the molecule is [N-]=[N+]=NCC1OC2OC3C(CO)OC(OC4C(CO)OC(OC5C(CO)OC(OC6C(CO)OC(OC7C(CO)OC(OC1CC2O)C(O)C7O)C(O)C6O)C(O)C5O)C(O)C4O)C(O)C3O. The van der Waals surface area contributed by atoms with Crippen LogP contribution < -0.4 is 0 Å². The topological polar surface area (TPSA) is 483 Å². The van der Waals surface area contributed by atoms with Gasteiger partial charge in [0.1, 0.15) is 128 Å². The number of hydrogen-bond donors (Lipinski definition) is 16. The molecule has 22 rings (SSSR count). The molecule has 0 spiro atoms. The molecule has 31 heteroatoms. The van der Waals surface area contributed by atoms with E-state index in [1.165, 1.54) is 0 Å². The predicted octanol–water partition coefficient (Wildman–Crippen LogP) is -10.7. The molecular formula is C36H59N3O28. The summed E-state index contributed by atoms with van der Waals surface area (Å²) in [5.74, 6) is 0. The van der Waals surface area contributed by atoms with Crippen molar-refractivity contribution in [3.8, 4) is 0 Å². The highest BCUT2D eigenvalue weighted by Gasteiger charge is 2.58. The molecule has 67 heavy (non-hydrogen) atoms. The Labute approximate surface area is 378 Å². The van der Waals surface area contributed by atoms with Crippen LogP contribution in [0, 0.1) is 0 Å². The van der Waals surface area contributed by atoms with Crippen LogP contribution in [0.25, 0.3) is 10.4 Å². The number of aliphatic hydroxyl groups excluding tert-OH is 16. The lowest BCUT2D eigenvalue weighted by Gasteiger charge is -2.50. The van der Waals surface area contributed by atoms with E-state index in [-0.39, 0.29) is 0 Å². The first kappa shape index (κ1) is 53.0. The van der Waals surface area contributed by atoms with Crippen LogP contribution in [-0.2, 0) is 56.8 Å². The molecule has 0 aromatic rings. The van der Waals surface area contributed by atoms with Gasteiger partial charge in [0.15, 0.2) is 37.7 Å². The van der Waals surface area contributed by atoms with E-state index in [1.54, 1.807) is 0 Å². The lowest BCUT2D eigenvalue weighted by Crippen LogP contribution is -2.68. The van der Waals surface area contributed by atoms with Crippen LogP contribution >= 0.6 is 0 Å². The van der Waals surface area contributed by atoms with Crippen LogP contribution in [0.3, 0.4) is 0 Å². The van der Waals surface area contributed by atoms with Crippen molar-refractivity contribution in [1.29, 1.82) is 0 Å². The first-order valence-electron chi connectivity index (χ1n) is 21.4. The van der Waals surface area contributed by atoms with Gasteiger partial charge in [0.2, 0.25) is 0 Å². The van der Waals surface area contributed by atoms with Crippen molar-refractivity contribution in [2.75, 3.05) is 39.6 Å². The van der Waals surface area contributed by atoms with Crippen molar-refractivity contribution in [2.45, 2.75) is 185 Å². The third-order valence-corrected chi connectivity index (χ3v) is 12.7. The highest BCUT2D eigenvalue weighted by Crippen LogP contribution is 2.38. The van der Waals surface area contributed by atoms with Crippen LogP contribution in [0.1, 0.15) is 6.42 Å². The molecule has 22 aliphatic rings. The average Bonchev–Trinajstić information content (AvgIpc) is 3.32. The molecule has 0 aromatic heterocycles. The zero-order valence-electron chi connectivity index (χ0n) is 35.1. The summed E-state index contributed by atoms with van der Waals surface area (Å²) in [5, 5.41) is 178. The predicted molar refractivity (Wildman–Crippen MR) is 201 cm³/mol. The molecule has 29 atom stereocenters. The number of nitrogens with zero attached hydrogens (tertiary/aromatic N) is 3. The first-order valence-corrected chi connectivity index (χ1v) is 21.4. The molecule has 29 unspecified atom stereocenters. The summed E-state index contributed by atoms with van der Waals surface area (Å²) in [4.78, 5) is 2.69. The second-order valence-electron chi connectivity index (χ2n) is 17.0. The highest BCUT2D eigenvalue weighted by atomic mass is 16.8. The van der Waals surface area contributed by atoms with Gasteiger partial charge in [-0.1, -0.05) is 5.11 Å². The van der Waals surface area contributed by atoms with Gasteiger partial charge in [0.25, 0.3) is 0 Å². The van der Waals surface area contributed by atoms with Gasteiger partial charge < -0.3 is 139 Å². The maximum atomic E-state index is 11.3. The van der Waals surface area contributed by atoms with Gasteiger partial charge in [-0.25, -0.2) is 0 Å². The molecule has 22 heterocycles. The molecular weight excluding hydrogens is 922 g/mol. The molecule has 22 saturated heterocycles. The van der Waals surface area contributed by atoms with Crippen molar-refractivity contribution >= 4 is 0 Å². The lowest BCUT2D eigenvalue weighted by molar-refractivity contribution is -0.399. The van der Waals surface area contributed by atoms with E-state index in [0.717, 1.165) is 0 Å². The Hall–Kier alpha value is -1.81. The molecule has 0 radical (unpaired) electrons. The summed E-state index contributed by atoms with van der Waals surface area (Å²) in [6.07, 6.45) is -54.3. The fourth-order valence-electron chi connectivity index (χ4n) is 9.01. The van der Waals surface area contributed by atoms with Crippen molar-refractivity contribution in [2.24, 2.45) is 5.11 Å². The molecule has 12 bridgehead atoms. The maximum Gasteiger partial charge on any atom is 0.187 e.